The van der Waals surface area contributed by atoms with Crippen molar-refractivity contribution in [2.45, 2.75) is 30.0 Å². The molecule has 2 amide bonds. The van der Waals surface area contributed by atoms with Crippen LogP contribution in [0.15, 0.2) is 83.8 Å². The number of benzene rings is 3. The summed E-state index contributed by atoms with van der Waals surface area (Å²) >= 11 is 7.62. The molecule has 32 heavy (non-hydrogen) atoms. The first-order valence-corrected chi connectivity index (χ1v) is 11.9. The van der Waals surface area contributed by atoms with Crippen LogP contribution in [0.3, 0.4) is 0 Å². The molecule has 0 radical (unpaired) electrons. The third kappa shape index (κ3) is 5.17. The van der Waals surface area contributed by atoms with Gasteiger partial charge in [-0.1, -0.05) is 73.1 Å². The number of amides is 2. The molecule has 0 aromatic heterocycles. The molecule has 4 nitrogen and oxygen atoms in total. The first-order valence-electron chi connectivity index (χ1n) is 10.7. The van der Waals surface area contributed by atoms with Crippen molar-refractivity contribution in [2.75, 3.05) is 11.4 Å². The molecule has 1 N–H and O–H groups in total. The molecule has 0 bridgehead atoms. The minimum absolute atomic E-state index is 0.0561. The quantitative estimate of drug-likeness (QED) is 0.513. The number of nitrogens with zero attached hydrogens (tertiary/aromatic N) is 1. The largest absolute Gasteiger partial charge is 0.355 e. The molecule has 164 valence electrons. The second kappa shape index (κ2) is 10.2. The van der Waals surface area contributed by atoms with E-state index in [1.165, 1.54) is 17.3 Å². The molecule has 3 aromatic rings. The summed E-state index contributed by atoms with van der Waals surface area (Å²) in [6.45, 7) is 2.79. The van der Waals surface area contributed by atoms with Crippen LogP contribution < -0.4 is 10.2 Å². The summed E-state index contributed by atoms with van der Waals surface area (Å²) in [5.41, 5.74) is 2.99. The number of hydrogen-bond donors (Lipinski definition) is 1. The van der Waals surface area contributed by atoms with Gasteiger partial charge in [0.2, 0.25) is 11.8 Å². The van der Waals surface area contributed by atoms with Crippen molar-refractivity contribution < 1.29 is 9.59 Å². The molecule has 6 heteroatoms. The van der Waals surface area contributed by atoms with E-state index in [4.69, 9.17) is 11.6 Å². The maximum absolute atomic E-state index is 13.5. The molecule has 0 aliphatic carbocycles. The molecule has 2 atom stereocenters. The van der Waals surface area contributed by atoms with E-state index < -0.39 is 11.2 Å². The minimum Gasteiger partial charge on any atom is -0.355 e. The SMILES string of the molecule is CC(C(=O)NCCc1ccccc1)C1Sc2ccccc2N(Cc2cccc(Cl)c2)C1=O. The van der Waals surface area contributed by atoms with Crippen LogP contribution >= 0.6 is 23.4 Å². The van der Waals surface area contributed by atoms with Crippen LogP contribution in [0, 0.1) is 5.92 Å². The Bertz CT molecular complexity index is 1110. The Labute approximate surface area is 198 Å². The first kappa shape index (κ1) is 22.4. The number of anilines is 1. The first-order chi connectivity index (χ1) is 15.5. The zero-order valence-electron chi connectivity index (χ0n) is 17.8. The molecule has 1 aliphatic rings. The number of nitrogens with one attached hydrogen (secondary N) is 1. The smallest absolute Gasteiger partial charge is 0.241 e. The van der Waals surface area contributed by atoms with E-state index in [0.717, 1.165) is 22.6 Å². The summed E-state index contributed by atoms with van der Waals surface area (Å²) < 4.78 is 0. The van der Waals surface area contributed by atoms with Crippen molar-refractivity contribution in [3.05, 3.63) is 95.0 Å². The molecule has 4 rings (SSSR count). The molecule has 0 saturated heterocycles. The summed E-state index contributed by atoms with van der Waals surface area (Å²) in [4.78, 5) is 29.2. The second-order valence-electron chi connectivity index (χ2n) is 7.88. The topological polar surface area (TPSA) is 49.4 Å². The molecule has 0 fully saturated rings. The Kier molecular flexibility index (Phi) is 7.18. The summed E-state index contributed by atoms with van der Waals surface area (Å²) in [5, 5.41) is 3.16. The number of para-hydroxylation sites is 1. The van der Waals surface area contributed by atoms with E-state index in [1.807, 2.05) is 85.8 Å². The number of carbonyl (C=O) groups excluding carboxylic acids is 2. The van der Waals surface area contributed by atoms with Gasteiger partial charge in [-0.25, -0.2) is 0 Å². The van der Waals surface area contributed by atoms with Crippen LogP contribution in [0.2, 0.25) is 5.02 Å². The van der Waals surface area contributed by atoms with Crippen molar-refractivity contribution >= 4 is 40.9 Å². The van der Waals surface area contributed by atoms with E-state index in [-0.39, 0.29) is 11.8 Å². The van der Waals surface area contributed by atoms with E-state index in [0.29, 0.717) is 18.1 Å². The average molecular weight is 465 g/mol. The number of fused-ring (bicyclic) bond motifs is 1. The summed E-state index contributed by atoms with van der Waals surface area (Å²) in [7, 11) is 0. The Hall–Kier alpha value is -2.76. The summed E-state index contributed by atoms with van der Waals surface area (Å²) in [6, 6.07) is 25.4. The highest BCUT2D eigenvalue weighted by molar-refractivity contribution is 8.01. The Morgan fingerprint density at radius 3 is 2.53 bits per heavy atom. The van der Waals surface area contributed by atoms with Crippen molar-refractivity contribution in [1.29, 1.82) is 0 Å². The molecular weight excluding hydrogens is 440 g/mol. The highest BCUT2D eigenvalue weighted by atomic mass is 35.5. The lowest BCUT2D eigenvalue weighted by atomic mass is 10.0. The summed E-state index contributed by atoms with van der Waals surface area (Å²) in [5.74, 6) is -0.619. The van der Waals surface area contributed by atoms with Gasteiger partial charge in [0.1, 0.15) is 5.25 Å². The predicted molar refractivity (Wildman–Crippen MR) is 131 cm³/mol. The van der Waals surface area contributed by atoms with Crippen LogP contribution in [-0.4, -0.2) is 23.6 Å². The Morgan fingerprint density at radius 2 is 1.75 bits per heavy atom. The zero-order chi connectivity index (χ0) is 22.5. The van der Waals surface area contributed by atoms with Crippen LogP contribution in [-0.2, 0) is 22.6 Å². The van der Waals surface area contributed by atoms with Gasteiger partial charge in [-0.2, -0.15) is 0 Å². The fraction of sp³-hybridized carbons (Fsp3) is 0.231. The fourth-order valence-corrected chi connectivity index (χ4v) is 5.31. The standard InChI is InChI=1S/C26H25ClN2O2S/c1-18(25(30)28-15-14-19-8-3-2-4-9-19)24-26(31)29(17-20-10-7-11-21(27)16-20)22-12-5-6-13-23(22)32-24/h2-13,16,18,24H,14-15,17H2,1H3,(H,28,30). The van der Waals surface area contributed by atoms with Crippen LogP contribution in [0.1, 0.15) is 18.1 Å². The van der Waals surface area contributed by atoms with Gasteiger partial charge in [-0.3, -0.25) is 9.59 Å². The second-order valence-corrected chi connectivity index (χ2v) is 9.50. The average Bonchev–Trinajstić information content (AvgIpc) is 2.81. The van der Waals surface area contributed by atoms with Gasteiger partial charge >= 0.3 is 0 Å². The Morgan fingerprint density at radius 1 is 1.03 bits per heavy atom. The van der Waals surface area contributed by atoms with Gasteiger partial charge in [0.25, 0.3) is 0 Å². The van der Waals surface area contributed by atoms with E-state index in [1.54, 1.807) is 4.90 Å². The van der Waals surface area contributed by atoms with Gasteiger partial charge < -0.3 is 10.2 Å². The van der Waals surface area contributed by atoms with Crippen LogP contribution in [0.25, 0.3) is 0 Å². The fourth-order valence-electron chi connectivity index (χ4n) is 3.81. The number of thioether (sulfide) groups is 1. The molecule has 0 spiro atoms. The van der Waals surface area contributed by atoms with Crippen LogP contribution in [0.4, 0.5) is 5.69 Å². The normalized spacial score (nSPS) is 16.4. The maximum atomic E-state index is 13.5. The third-order valence-corrected chi connectivity index (χ3v) is 7.27. The van der Waals surface area contributed by atoms with Crippen molar-refractivity contribution in [3.8, 4) is 0 Å². The van der Waals surface area contributed by atoms with E-state index in [2.05, 4.69) is 5.32 Å². The Balaban J connectivity index is 1.48. The predicted octanol–water partition coefficient (Wildman–Crippen LogP) is 5.34. The molecule has 2 unspecified atom stereocenters. The van der Waals surface area contributed by atoms with Gasteiger partial charge in [0.15, 0.2) is 0 Å². The molecule has 1 heterocycles. The lowest BCUT2D eigenvalue weighted by Crippen LogP contribution is -2.47. The molecule has 1 aliphatic heterocycles. The lowest BCUT2D eigenvalue weighted by Gasteiger charge is -2.35. The number of halogens is 1. The molecule has 3 aromatic carbocycles. The monoisotopic (exact) mass is 464 g/mol. The van der Waals surface area contributed by atoms with Gasteiger partial charge in [-0.05, 0) is 41.8 Å². The van der Waals surface area contributed by atoms with Gasteiger partial charge in [-0.15, -0.1) is 11.8 Å². The number of carbonyl (C=O) groups is 2. The maximum Gasteiger partial charge on any atom is 0.241 e. The van der Waals surface area contributed by atoms with Crippen molar-refractivity contribution in [2.24, 2.45) is 5.92 Å². The number of hydrogen-bond acceptors (Lipinski definition) is 3. The van der Waals surface area contributed by atoms with Crippen molar-refractivity contribution in [1.82, 2.24) is 5.32 Å². The van der Waals surface area contributed by atoms with Crippen molar-refractivity contribution in [3.63, 3.8) is 0 Å². The van der Waals surface area contributed by atoms with E-state index in [9.17, 15) is 9.59 Å². The molecule has 0 saturated carbocycles. The number of rotatable bonds is 7. The highest BCUT2D eigenvalue weighted by Gasteiger charge is 2.39. The highest BCUT2D eigenvalue weighted by Crippen LogP contribution is 2.42. The molecular formula is C26H25ClN2O2S. The minimum atomic E-state index is -0.485. The van der Waals surface area contributed by atoms with Gasteiger partial charge in [0, 0.05) is 16.5 Å². The van der Waals surface area contributed by atoms with Crippen LogP contribution in [0.5, 0.6) is 0 Å². The van der Waals surface area contributed by atoms with Gasteiger partial charge in [0.05, 0.1) is 18.2 Å². The third-order valence-electron chi connectivity index (χ3n) is 5.57. The van der Waals surface area contributed by atoms with E-state index >= 15 is 0 Å². The zero-order valence-corrected chi connectivity index (χ0v) is 19.4. The summed E-state index contributed by atoms with van der Waals surface area (Å²) in [6.07, 6.45) is 0.759. The lowest BCUT2D eigenvalue weighted by molar-refractivity contribution is -0.128.